The van der Waals surface area contributed by atoms with E-state index in [-0.39, 0.29) is 5.82 Å². The number of nitrogens with one attached hydrogen (secondary N) is 1. The standard InChI is InChI=1S/C17H19ClFNS/c1-12-6-7-13(17(18)8-12)9-15(20-2)11-21-16-5-3-4-14(19)10-16/h3-8,10,15,20H,9,11H2,1-2H3. The Labute approximate surface area is 134 Å². The first-order valence-corrected chi connectivity index (χ1v) is 8.25. The van der Waals surface area contributed by atoms with Crippen molar-refractivity contribution in [1.82, 2.24) is 5.32 Å². The van der Waals surface area contributed by atoms with Crippen molar-refractivity contribution in [2.75, 3.05) is 12.8 Å². The van der Waals surface area contributed by atoms with Crippen molar-refractivity contribution in [3.8, 4) is 0 Å². The molecule has 2 aromatic rings. The van der Waals surface area contributed by atoms with Gasteiger partial charge in [0.25, 0.3) is 0 Å². The maximum atomic E-state index is 13.2. The van der Waals surface area contributed by atoms with Gasteiger partial charge < -0.3 is 5.32 Å². The van der Waals surface area contributed by atoms with Crippen molar-refractivity contribution in [3.63, 3.8) is 0 Å². The number of thioether (sulfide) groups is 1. The highest BCUT2D eigenvalue weighted by molar-refractivity contribution is 7.99. The Balaban J connectivity index is 1.97. The topological polar surface area (TPSA) is 12.0 Å². The van der Waals surface area contributed by atoms with Crippen LogP contribution in [-0.2, 0) is 6.42 Å². The number of benzene rings is 2. The summed E-state index contributed by atoms with van der Waals surface area (Å²) in [6.45, 7) is 2.03. The Morgan fingerprint density at radius 1 is 1.24 bits per heavy atom. The van der Waals surface area contributed by atoms with Crippen LogP contribution in [0.3, 0.4) is 0 Å². The molecule has 1 N–H and O–H groups in total. The highest BCUT2D eigenvalue weighted by Gasteiger charge is 2.11. The van der Waals surface area contributed by atoms with Crippen LogP contribution in [0.1, 0.15) is 11.1 Å². The molecule has 0 bridgehead atoms. The SMILES string of the molecule is CNC(CSc1cccc(F)c1)Cc1ccc(C)cc1Cl. The molecule has 0 aliphatic carbocycles. The van der Waals surface area contributed by atoms with Crippen LogP contribution in [0.5, 0.6) is 0 Å². The lowest BCUT2D eigenvalue weighted by Gasteiger charge is -2.17. The van der Waals surface area contributed by atoms with Crippen molar-refractivity contribution >= 4 is 23.4 Å². The van der Waals surface area contributed by atoms with E-state index in [9.17, 15) is 4.39 Å². The first-order chi connectivity index (χ1) is 10.1. The molecule has 0 fully saturated rings. The fraction of sp³-hybridized carbons (Fsp3) is 0.294. The highest BCUT2D eigenvalue weighted by Crippen LogP contribution is 2.23. The Hall–Kier alpha value is -1.03. The predicted molar refractivity (Wildman–Crippen MR) is 89.9 cm³/mol. The minimum Gasteiger partial charge on any atom is -0.316 e. The number of hydrogen-bond acceptors (Lipinski definition) is 2. The Bertz CT molecular complexity index is 603. The molecule has 21 heavy (non-hydrogen) atoms. The summed E-state index contributed by atoms with van der Waals surface area (Å²) < 4.78 is 13.2. The molecule has 0 amide bonds. The summed E-state index contributed by atoms with van der Waals surface area (Å²) in [5.74, 6) is 0.673. The molecular weight excluding hydrogens is 305 g/mol. The van der Waals surface area contributed by atoms with E-state index in [2.05, 4.69) is 17.4 Å². The van der Waals surface area contributed by atoms with Gasteiger partial charge in [0.15, 0.2) is 0 Å². The number of likely N-dealkylation sites (N-methyl/N-ethyl adjacent to an activating group) is 1. The molecule has 1 nitrogen and oxygen atoms in total. The normalized spacial score (nSPS) is 12.4. The average molecular weight is 324 g/mol. The van der Waals surface area contributed by atoms with Crippen LogP contribution >= 0.6 is 23.4 Å². The van der Waals surface area contributed by atoms with Crippen molar-refractivity contribution in [3.05, 3.63) is 64.4 Å². The van der Waals surface area contributed by atoms with E-state index < -0.39 is 0 Å². The van der Waals surface area contributed by atoms with E-state index in [0.29, 0.717) is 6.04 Å². The van der Waals surface area contributed by atoms with Gasteiger partial charge in [-0.2, -0.15) is 0 Å². The summed E-state index contributed by atoms with van der Waals surface area (Å²) in [4.78, 5) is 0.949. The van der Waals surface area contributed by atoms with Gasteiger partial charge in [0.2, 0.25) is 0 Å². The van der Waals surface area contributed by atoms with Gasteiger partial charge in [-0.05, 0) is 55.8 Å². The fourth-order valence-electron chi connectivity index (χ4n) is 2.08. The summed E-state index contributed by atoms with van der Waals surface area (Å²) in [6, 6.07) is 13.1. The second-order valence-corrected chi connectivity index (χ2v) is 6.55. The lowest BCUT2D eigenvalue weighted by Crippen LogP contribution is -2.30. The minimum absolute atomic E-state index is 0.192. The Morgan fingerprint density at radius 3 is 2.71 bits per heavy atom. The molecule has 0 saturated carbocycles. The molecule has 0 radical (unpaired) electrons. The van der Waals surface area contributed by atoms with Crippen molar-refractivity contribution in [2.45, 2.75) is 24.3 Å². The lowest BCUT2D eigenvalue weighted by atomic mass is 10.1. The summed E-state index contributed by atoms with van der Waals surface area (Å²) >= 11 is 7.93. The molecule has 2 rings (SSSR count). The van der Waals surface area contributed by atoms with Gasteiger partial charge in [-0.25, -0.2) is 4.39 Å². The molecule has 0 spiro atoms. The Kier molecular flexibility index (Phi) is 6.09. The van der Waals surface area contributed by atoms with Crippen LogP contribution in [0.25, 0.3) is 0 Å². The summed E-state index contributed by atoms with van der Waals surface area (Å²) in [5, 5.41) is 4.12. The minimum atomic E-state index is -0.192. The zero-order valence-corrected chi connectivity index (χ0v) is 13.8. The maximum absolute atomic E-state index is 13.2. The molecule has 1 unspecified atom stereocenters. The van der Waals surface area contributed by atoms with Gasteiger partial charge in [0.1, 0.15) is 5.82 Å². The Morgan fingerprint density at radius 2 is 2.05 bits per heavy atom. The van der Waals surface area contributed by atoms with E-state index in [1.54, 1.807) is 23.9 Å². The molecule has 0 aliphatic heterocycles. The quantitative estimate of drug-likeness (QED) is 0.773. The first-order valence-electron chi connectivity index (χ1n) is 6.89. The predicted octanol–water partition coefficient (Wildman–Crippen LogP) is 4.71. The molecule has 1 atom stereocenters. The van der Waals surface area contributed by atoms with Gasteiger partial charge in [-0.1, -0.05) is 29.8 Å². The lowest BCUT2D eigenvalue weighted by molar-refractivity contribution is 0.615. The zero-order valence-electron chi connectivity index (χ0n) is 12.2. The van der Waals surface area contributed by atoms with Crippen LogP contribution in [0.4, 0.5) is 4.39 Å². The highest BCUT2D eigenvalue weighted by atomic mass is 35.5. The molecule has 0 aromatic heterocycles. The van der Waals surface area contributed by atoms with Crippen LogP contribution in [0.15, 0.2) is 47.4 Å². The van der Waals surface area contributed by atoms with Crippen LogP contribution < -0.4 is 5.32 Å². The van der Waals surface area contributed by atoms with Gasteiger partial charge in [0.05, 0.1) is 0 Å². The third-order valence-electron chi connectivity index (χ3n) is 3.33. The maximum Gasteiger partial charge on any atom is 0.124 e. The monoisotopic (exact) mass is 323 g/mol. The largest absolute Gasteiger partial charge is 0.316 e. The van der Waals surface area contributed by atoms with Gasteiger partial charge in [0, 0.05) is 21.7 Å². The van der Waals surface area contributed by atoms with E-state index in [4.69, 9.17) is 11.6 Å². The number of aryl methyl sites for hydroxylation is 1. The zero-order chi connectivity index (χ0) is 15.2. The van der Waals surface area contributed by atoms with Gasteiger partial charge in [-0.3, -0.25) is 0 Å². The smallest absolute Gasteiger partial charge is 0.124 e. The van der Waals surface area contributed by atoms with Gasteiger partial charge >= 0.3 is 0 Å². The molecule has 0 saturated heterocycles. The average Bonchev–Trinajstić information content (AvgIpc) is 2.45. The fourth-order valence-corrected chi connectivity index (χ4v) is 3.44. The molecule has 0 aliphatic rings. The second kappa shape index (κ2) is 7.83. The van der Waals surface area contributed by atoms with Crippen molar-refractivity contribution < 1.29 is 4.39 Å². The van der Waals surface area contributed by atoms with Crippen molar-refractivity contribution in [1.29, 1.82) is 0 Å². The number of hydrogen-bond donors (Lipinski definition) is 1. The first kappa shape index (κ1) is 16.3. The molecule has 112 valence electrons. The van der Waals surface area contributed by atoms with E-state index in [1.165, 1.54) is 11.6 Å². The molecule has 4 heteroatoms. The summed E-state index contributed by atoms with van der Waals surface area (Å²) in [6.07, 6.45) is 0.859. The third-order valence-corrected chi connectivity index (χ3v) is 4.84. The number of halogens is 2. The van der Waals surface area contributed by atoms with Crippen LogP contribution in [0.2, 0.25) is 5.02 Å². The van der Waals surface area contributed by atoms with E-state index in [0.717, 1.165) is 27.7 Å². The van der Waals surface area contributed by atoms with E-state index in [1.807, 2.05) is 26.1 Å². The summed E-state index contributed by atoms with van der Waals surface area (Å²) in [5.41, 5.74) is 2.31. The third kappa shape index (κ3) is 5.03. The van der Waals surface area contributed by atoms with Crippen LogP contribution in [-0.4, -0.2) is 18.8 Å². The second-order valence-electron chi connectivity index (χ2n) is 5.05. The van der Waals surface area contributed by atoms with Crippen molar-refractivity contribution in [2.24, 2.45) is 0 Å². The molecule has 0 heterocycles. The molecular formula is C17H19ClFNS. The summed E-state index contributed by atoms with van der Waals surface area (Å²) in [7, 11) is 1.94. The van der Waals surface area contributed by atoms with Gasteiger partial charge in [-0.15, -0.1) is 11.8 Å². The van der Waals surface area contributed by atoms with Crippen LogP contribution in [0, 0.1) is 12.7 Å². The molecule has 2 aromatic carbocycles. The number of rotatable bonds is 6. The van der Waals surface area contributed by atoms with E-state index >= 15 is 0 Å².